The Kier molecular flexibility index (Phi) is 5.38. The Labute approximate surface area is 163 Å². The van der Waals surface area contributed by atoms with E-state index in [1.54, 1.807) is 0 Å². The summed E-state index contributed by atoms with van der Waals surface area (Å²) in [4.78, 5) is 15.3. The Morgan fingerprint density at radius 3 is 2.63 bits per heavy atom. The van der Waals surface area contributed by atoms with E-state index in [1.807, 2.05) is 24.4 Å². The SMILES string of the molecule is N[C@@H](Cc1c[nH]c2cc(Br)ccc12)C(=O)NC=Cc1cc(O)c(O)c(O)c1. The highest BCUT2D eigenvalue weighted by molar-refractivity contribution is 9.10. The van der Waals surface area contributed by atoms with Crippen molar-refractivity contribution in [3.8, 4) is 17.2 Å². The normalized spacial score (nSPS) is 12.5. The van der Waals surface area contributed by atoms with Crippen molar-refractivity contribution in [1.29, 1.82) is 0 Å². The number of aromatic amines is 1. The van der Waals surface area contributed by atoms with Crippen molar-refractivity contribution in [3.05, 3.63) is 58.3 Å². The molecule has 0 saturated heterocycles. The second-order valence-corrected chi connectivity index (χ2v) is 6.98. The van der Waals surface area contributed by atoms with Gasteiger partial charge in [-0.15, -0.1) is 0 Å². The number of benzene rings is 2. The van der Waals surface area contributed by atoms with E-state index in [0.29, 0.717) is 12.0 Å². The Morgan fingerprint density at radius 1 is 1.22 bits per heavy atom. The van der Waals surface area contributed by atoms with Crippen LogP contribution in [0.3, 0.4) is 0 Å². The quantitative estimate of drug-likeness (QED) is 0.345. The number of carbonyl (C=O) groups excluding carboxylic acids is 1. The third-order valence-electron chi connectivity index (χ3n) is 4.10. The maximum Gasteiger partial charge on any atom is 0.241 e. The van der Waals surface area contributed by atoms with Crippen molar-refractivity contribution in [3.63, 3.8) is 0 Å². The van der Waals surface area contributed by atoms with Crippen LogP contribution in [0.15, 0.2) is 47.2 Å². The van der Waals surface area contributed by atoms with Gasteiger partial charge in [0.25, 0.3) is 0 Å². The van der Waals surface area contributed by atoms with Crippen LogP contribution in [0, 0.1) is 0 Å². The lowest BCUT2D eigenvalue weighted by atomic mass is 10.1. The van der Waals surface area contributed by atoms with E-state index < -0.39 is 23.3 Å². The van der Waals surface area contributed by atoms with Gasteiger partial charge in [-0.3, -0.25) is 4.79 Å². The van der Waals surface area contributed by atoms with Gasteiger partial charge in [0.05, 0.1) is 6.04 Å². The maximum absolute atomic E-state index is 12.2. The van der Waals surface area contributed by atoms with E-state index in [0.717, 1.165) is 20.9 Å². The van der Waals surface area contributed by atoms with Gasteiger partial charge in [-0.1, -0.05) is 22.0 Å². The fourth-order valence-corrected chi connectivity index (χ4v) is 3.07. The van der Waals surface area contributed by atoms with Crippen molar-refractivity contribution >= 4 is 38.8 Å². The lowest BCUT2D eigenvalue weighted by molar-refractivity contribution is -0.121. The molecule has 27 heavy (non-hydrogen) atoms. The van der Waals surface area contributed by atoms with Gasteiger partial charge in [-0.05, 0) is 47.9 Å². The minimum Gasteiger partial charge on any atom is -0.504 e. The van der Waals surface area contributed by atoms with Crippen molar-refractivity contribution in [2.75, 3.05) is 0 Å². The van der Waals surface area contributed by atoms with Gasteiger partial charge in [0.15, 0.2) is 17.2 Å². The molecule has 0 aliphatic rings. The number of aromatic nitrogens is 1. The van der Waals surface area contributed by atoms with E-state index >= 15 is 0 Å². The number of fused-ring (bicyclic) bond motifs is 1. The first-order valence-electron chi connectivity index (χ1n) is 8.08. The monoisotopic (exact) mass is 431 g/mol. The number of aromatic hydroxyl groups is 3. The molecule has 7 N–H and O–H groups in total. The fourth-order valence-electron chi connectivity index (χ4n) is 2.71. The number of phenolic OH excluding ortho intramolecular Hbond substituents is 3. The van der Waals surface area contributed by atoms with E-state index in [-0.39, 0.29) is 5.91 Å². The number of rotatable bonds is 5. The van der Waals surface area contributed by atoms with Gasteiger partial charge in [-0.25, -0.2) is 0 Å². The Balaban J connectivity index is 1.63. The lowest BCUT2D eigenvalue weighted by Gasteiger charge is -2.09. The summed E-state index contributed by atoms with van der Waals surface area (Å²) in [7, 11) is 0. The molecule has 0 saturated carbocycles. The molecule has 1 heterocycles. The zero-order chi connectivity index (χ0) is 19.6. The van der Waals surface area contributed by atoms with Crippen LogP contribution >= 0.6 is 15.9 Å². The summed E-state index contributed by atoms with van der Waals surface area (Å²) in [6, 6.07) is 7.59. The smallest absolute Gasteiger partial charge is 0.241 e. The minimum absolute atomic E-state index is 0.363. The molecule has 8 heteroatoms. The predicted molar refractivity (Wildman–Crippen MR) is 106 cm³/mol. The van der Waals surface area contributed by atoms with E-state index in [2.05, 4.69) is 26.2 Å². The number of nitrogens with two attached hydrogens (primary N) is 1. The lowest BCUT2D eigenvalue weighted by Crippen LogP contribution is -2.39. The zero-order valence-electron chi connectivity index (χ0n) is 14.1. The standard InChI is InChI=1S/C19H18BrN3O4/c20-12-1-2-13-11(9-23-15(13)8-12)7-14(21)19(27)22-4-3-10-5-16(24)18(26)17(25)6-10/h1-6,8-9,14,23-26H,7,21H2,(H,22,27)/t14-/m0/s1. The molecule has 0 fully saturated rings. The summed E-state index contributed by atoms with van der Waals surface area (Å²) >= 11 is 3.41. The molecule has 3 aromatic rings. The molecule has 0 unspecified atom stereocenters. The molecule has 0 aliphatic carbocycles. The van der Waals surface area contributed by atoms with Crippen LogP contribution in [0.5, 0.6) is 17.2 Å². The number of halogens is 1. The summed E-state index contributed by atoms with van der Waals surface area (Å²) in [5.41, 5.74) is 8.30. The second-order valence-electron chi connectivity index (χ2n) is 6.06. The first-order chi connectivity index (χ1) is 12.8. The van der Waals surface area contributed by atoms with Crippen molar-refractivity contribution in [1.82, 2.24) is 10.3 Å². The summed E-state index contributed by atoms with van der Waals surface area (Å²) in [5, 5.41) is 31.8. The van der Waals surface area contributed by atoms with E-state index in [4.69, 9.17) is 5.73 Å². The molecule has 1 aromatic heterocycles. The summed E-state index contributed by atoms with van der Waals surface area (Å²) in [6.45, 7) is 0. The zero-order valence-corrected chi connectivity index (χ0v) is 15.7. The Hall–Kier alpha value is -2.97. The molecule has 0 spiro atoms. The van der Waals surface area contributed by atoms with Crippen molar-refractivity contribution < 1.29 is 20.1 Å². The summed E-state index contributed by atoms with van der Waals surface area (Å²) in [5.74, 6) is -1.87. The molecule has 140 valence electrons. The van der Waals surface area contributed by atoms with Crippen LogP contribution in [0.25, 0.3) is 17.0 Å². The first kappa shape index (κ1) is 18.8. The molecular formula is C19H18BrN3O4. The van der Waals surface area contributed by atoms with E-state index in [9.17, 15) is 20.1 Å². The summed E-state index contributed by atoms with van der Waals surface area (Å²) < 4.78 is 0.960. The van der Waals surface area contributed by atoms with Crippen molar-refractivity contribution in [2.45, 2.75) is 12.5 Å². The van der Waals surface area contributed by atoms with Gasteiger partial charge in [0, 0.05) is 27.8 Å². The number of amides is 1. The fraction of sp³-hybridized carbons (Fsp3) is 0.105. The molecule has 7 nitrogen and oxygen atoms in total. The van der Waals surface area contributed by atoms with Crippen LogP contribution in [0.1, 0.15) is 11.1 Å². The highest BCUT2D eigenvalue weighted by Gasteiger charge is 2.15. The maximum atomic E-state index is 12.2. The molecular weight excluding hydrogens is 414 g/mol. The predicted octanol–water partition coefficient (Wildman–Crippen LogP) is 2.70. The van der Waals surface area contributed by atoms with Gasteiger partial charge in [0.2, 0.25) is 5.91 Å². The minimum atomic E-state index is -0.751. The first-order valence-corrected chi connectivity index (χ1v) is 8.87. The number of phenols is 3. The van der Waals surface area contributed by atoms with Crippen LogP contribution < -0.4 is 11.1 Å². The third-order valence-corrected chi connectivity index (χ3v) is 4.59. The van der Waals surface area contributed by atoms with Gasteiger partial charge < -0.3 is 31.4 Å². The average molecular weight is 432 g/mol. The molecule has 0 bridgehead atoms. The molecule has 0 aliphatic heterocycles. The number of hydrogen-bond acceptors (Lipinski definition) is 5. The molecule has 1 atom stereocenters. The van der Waals surface area contributed by atoms with E-state index in [1.165, 1.54) is 24.4 Å². The topological polar surface area (TPSA) is 132 Å². The average Bonchev–Trinajstić information content (AvgIpc) is 3.01. The van der Waals surface area contributed by atoms with Crippen LogP contribution in [-0.2, 0) is 11.2 Å². The Bertz CT molecular complexity index is 1010. The molecule has 2 aromatic carbocycles. The third kappa shape index (κ3) is 4.24. The summed E-state index contributed by atoms with van der Waals surface area (Å²) in [6.07, 6.45) is 5.02. The van der Waals surface area contributed by atoms with Crippen molar-refractivity contribution in [2.24, 2.45) is 5.73 Å². The van der Waals surface area contributed by atoms with Crippen LogP contribution in [0.4, 0.5) is 0 Å². The Morgan fingerprint density at radius 2 is 1.93 bits per heavy atom. The largest absolute Gasteiger partial charge is 0.504 e. The highest BCUT2D eigenvalue weighted by Crippen LogP contribution is 2.35. The number of nitrogens with one attached hydrogen (secondary N) is 2. The molecule has 3 rings (SSSR count). The van der Waals surface area contributed by atoms with Gasteiger partial charge in [-0.2, -0.15) is 0 Å². The molecule has 1 amide bonds. The number of hydrogen-bond donors (Lipinski definition) is 6. The van der Waals surface area contributed by atoms with Gasteiger partial charge in [0.1, 0.15) is 0 Å². The number of H-pyrrole nitrogens is 1. The number of carbonyl (C=O) groups is 1. The van der Waals surface area contributed by atoms with Gasteiger partial charge >= 0.3 is 0 Å². The van der Waals surface area contributed by atoms with Crippen LogP contribution in [-0.4, -0.2) is 32.3 Å². The van der Waals surface area contributed by atoms with Crippen LogP contribution in [0.2, 0.25) is 0 Å². The molecule has 0 radical (unpaired) electrons. The second kappa shape index (κ2) is 7.73. The highest BCUT2D eigenvalue weighted by atomic mass is 79.9.